The van der Waals surface area contributed by atoms with E-state index in [0.29, 0.717) is 5.75 Å². The predicted octanol–water partition coefficient (Wildman–Crippen LogP) is 3.43. The minimum Gasteiger partial charge on any atom is -0.493 e. The molecular formula is C18H17FO5. The highest BCUT2D eigenvalue weighted by molar-refractivity contribution is 5.80. The Hall–Kier alpha value is -2.89. The van der Waals surface area contributed by atoms with Crippen LogP contribution in [0.1, 0.15) is 18.4 Å². The maximum Gasteiger partial charge on any atom is 0.311 e. The van der Waals surface area contributed by atoms with Gasteiger partial charge in [0.2, 0.25) is 0 Å². The highest BCUT2D eigenvalue weighted by Crippen LogP contribution is 2.28. The molecule has 0 spiro atoms. The largest absolute Gasteiger partial charge is 0.493 e. The van der Waals surface area contributed by atoms with Crippen LogP contribution in [-0.2, 0) is 9.59 Å². The van der Waals surface area contributed by atoms with Gasteiger partial charge in [-0.15, -0.1) is 0 Å². The van der Waals surface area contributed by atoms with Gasteiger partial charge in [0.05, 0.1) is 20.0 Å². The monoisotopic (exact) mass is 332 g/mol. The smallest absolute Gasteiger partial charge is 0.311 e. The summed E-state index contributed by atoms with van der Waals surface area (Å²) in [4.78, 5) is 23.5. The Morgan fingerprint density at radius 3 is 2.17 bits per heavy atom. The molecule has 2 rings (SSSR count). The molecule has 0 aliphatic rings. The van der Waals surface area contributed by atoms with Crippen LogP contribution in [0.3, 0.4) is 0 Å². The Morgan fingerprint density at radius 1 is 0.917 bits per heavy atom. The number of benzene rings is 2. The summed E-state index contributed by atoms with van der Waals surface area (Å²) < 4.78 is 28.5. The molecule has 2 aromatic carbocycles. The second kappa shape index (κ2) is 8.10. The average molecular weight is 332 g/mol. The first kappa shape index (κ1) is 17.5. The van der Waals surface area contributed by atoms with Crippen LogP contribution >= 0.6 is 0 Å². The van der Waals surface area contributed by atoms with Crippen LogP contribution in [0, 0.1) is 12.7 Å². The molecule has 0 unspecified atom stereocenters. The summed E-state index contributed by atoms with van der Waals surface area (Å²) >= 11 is 0. The highest BCUT2D eigenvalue weighted by Gasteiger charge is 2.14. The van der Waals surface area contributed by atoms with Gasteiger partial charge in [0.25, 0.3) is 0 Å². The lowest BCUT2D eigenvalue weighted by Crippen LogP contribution is -2.14. The van der Waals surface area contributed by atoms with Gasteiger partial charge in [-0.2, -0.15) is 0 Å². The third-order valence-corrected chi connectivity index (χ3v) is 3.14. The van der Waals surface area contributed by atoms with Crippen molar-refractivity contribution in [3.8, 4) is 17.2 Å². The first-order valence-corrected chi connectivity index (χ1v) is 7.30. The van der Waals surface area contributed by atoms with Crippen molar-refractivity contribution in [3.63, 3.8) is 0 Å². The Bertz CT molecular complexity index is 742. The van der Waals surface area contributed by atoms with E-state index in [1.807, 2.05) is 13.0 Å². The molecule has 0 atom stereocenters. The molecule has 0 heterocycles. The fourth-order valence-corrected chi connectivity index (χ4v) is 1.94. The van der Waals surface area contributed by atoms with Crippen LogP contribution < -0.4 is 14.2 Å². The number of para-hydroxylation sites is 1. The molecule has 0 aliphatic carbocycles. The number of hydrogen-bond acceptors (Lipinski definition) is 5. The quantitative estimate of drug-likeness (QED) is 0.599. The second-order valence-electron chi connectivity index (χ2n) is 5.03. The van der Waals surface area contributed by atoms with Crippen molar-refractivity contribution in [2.45, 2.75) is 19.8 Å². The highest BCUT2D eigenvalue weighted by atomic mass is 19.1. The number of aryl methyl sites for hydroxylation is 1. The molecule has 0 saturated carbocycles. The zero-order valence-electron chi connectivity index (χ0n) is 13.4. The van der Waals surface area contributed by atoms with Gasteiger partial charge in [-0.05, 0) is 36.8 Å². The zero-order chi connectivity index (χ0) is 17.5. The molecule has 24 heavy (non-hydrogen) atoms. The fraction of sp³-hybridized carbons (Fsp3) is 0.222. The number of methoxy groups -OCH3 is 1. The molecule has 0 saturated heterocycles. The van der Waals surface area contributed by atoms with Gasteiger partial charge >= 0.3 is 11.9 Å². The van der Waals surface area contributed by atoms with Gasteiger partial charge in [0.15, 0.2) is 23.1 Å². The molecule has 0 fully saturated rings. The lowest BCUT2D eigenvalue weighted by Gasteiger charge is -2.10. The summed E-state index contributed by atoms with van der Waals surface area (Å²) in [6, 6.07) is 10.7. The van der Waals surface area contributed by atoms with Gasteiger partial charge < -0.3 is 14.2 Å². The van der Waals surface area contributed by atoms with Crippen molar-refractivity contribution in [1.29, 1.82) is 0 Å². The van der Waals surface area contributed by atoms with E-state index in [9.17, 15) is 14.0 Å². The Morgan fingerprint density at radius 2 is 1.54 bits per heavy atom. The number of ether oxygens (including phenoxy) is 3. The number of carbonyl (C=O) groups is 2. The zero-order valence-corrected chi connectivity index (χ0v) is 13.4. The molecule has 0 aromatic heterocycles. The van der Waals surface area contributed by atoms with Crippen LogP contribution in [-0.4, -0.2) is 19.0 Å². The Kier molecular flexibility index (Phi) is 5.89. The summed E-state index contributed by atoms with van der Waals surface area (Å²) in [5, 5.41) is 0. The maximum absolute atomic E-state index is 13.4. The predicted molar refractivity (Wildman–Crippen MR) is 84.6 cm³/mol. The normalized spacial score (nSPS) is 10.1. The molecule has 0 N–H and O–H groups in total. The van der Waals surface area contributed by atoms with E-state index in [1.54, 1.807) is 18.2 Å². The van der Waals surface area contributed by atoms with Crippen LogP contribution in [0.15, 0.2) is 42.5 Å². The van der Waals surface area contributed by atoms with E-state index in [2.05, 4.69) is 0 Å². The Labute approximate surface area is 139 Å². The number of esters is 2. The van der Waals surface area contributed by atoms with Crippen LogP contribution in [0.2, 0.25) is 0 Å². The van der Waals surface area contributed by atoms with E-state index in [4.69, 9.17) is 14.2 Å². The standard InChI is InChI=1S/C18H17FO5/c1-12-7-8-15(22-2)16(11-12)24-18(21)10-9-17(20)23-14-6-4-3-5-13(14)19/h3-8,11H,9-10H2,1-2H3. The maximum atomic E-state index is 13.4. The number of halogens is 1. The van der Waals surface area contributed by atoms with E-state index in [0.717, 1.165) is 5.56 Å². The van der Waals surface area contributed by atoms with Crippen molar-refractivity contribution in [2.75, 3.05) is 7.11 Å². The minimum absolute atomic E-state index is 0.170. The van der Waals surface area contributed by atoms with Crippen LogP contribution in [0.5, 0.6) is 17.2 Å². The van der Waals surface area contributed by atoms with Gasteiger partial charge in [-0.25, -0.2) is 4.39 Å². The van der Waals surface area contributed by atoms with Crippen LogP contribution in [0.4, 0.5) is 4.39 Å². The Balaban J connectivity index is 1.88. The van der Waals surface area contributed by atoms with Crippen LogP contribution in [0.25, 0.3) is 0 Å². The summed E-state index contributed by atoms with van der Waals surface area (Å²) in [5.41, 5.74) is 0.901. The van der Waals surface area contributed by atoms with E-state index < -0.39 is 17.8 Å². The molecule has 0 radical (unpaired) electrons. The summed E-state index contributed by atoms with van der Waals surface area (Å²) in [6.45, 7) is 1.85. The van der Waals surface area contributed by atoms with Gasteiger partial charge in [0, 0.05) is 0 Å². The number of rotatable bonds is 6. The van der Waals surface area contributed by atoms with Crippen molar-refractivity contribution in [1.82, 2.24) is 0 Å². The van der Waals surface area contributed by atoms with Gasteiger partial charge in [-0.1, -0.05) is 18.2 Å². The van der Waals surface area contributed by atoms with E-state index >= 15 is 0 Å². The molecule has 5 nitrogen and oxygen atoms in total. The molecule has 0 amide bonds. The van der Waals surface area contributed by atoms with E-state index in [1.165, 1.54) is 25.3 Å². The lowest BCUT2D eigenvalue weighted by atomic mass is 10.2. The van der Waals surface area contributed by atoms with Crippen molar-refractivity contribution < 1.29 is 28.2 Å². The SMILES string of the molecule is COc1ccc(C)cc1OC(=O)CCC(=O)Oc1ccccc1F. The van der Waals surface area contributed by atoms with Crippen molar-refractivity contribution >= 4 is 11.9 Å². The molecule has 0 bridgehead atoms. The van der Waals surface area contributed by atoms with Crippen molar-refractivity contribution in [2.24, 2.45) is 0 Å². The first-order chi connectivity index (χ1) is 11.5. The fourth-order valence-electron chi connectivity index (χ4n) is 1.94. The third kappa shape index (κ3) is 4.81. The summed E-state index contributed by atoms with van der Waals surface area (Å²) in [7, 11) is 1.47. The molecular weight excluding hydrogens is 315 g/mol. The summed E-state index contributed by atoms with van der Waals surface area (Å²) in [6.07, 6.45) is -0.411. The molecule has 6 heteroatoms. The number of carbonyl (C=O) groups excluding carboxylic acids is 2. The molecule has 0 aliphatic heterocycles. The lowest BCUT2D eigenvalue weighted by molar-refractivity contribution is -0.140. The topological polar surface area (TPSA) is 61.8 Å². The number of hydrogen-bond donors (Lipinski definition) is 0. The van der Waals surface area contributed by atoms with Gasteiger partial charge in [0.1, 0.15) is 0 Å². The van der Waals surface area contributed by atoms with E-state index in [-0.39, 0.29) is 24.3 Å². The minimum atomic E-state index is -0.715. The molecule has 126 valence electrons. The van der Waals surface area contributed by atoms with Crippen molar-refractivity contribution in [3.05, 3.63) is 53.8 Å². The summed E-state index contributed by atoms with van der Waals surface area (Å²) in [5.74, 6) is -1.43. The molecule has 2 aromatic rings. The van der Waals surface area contributed by atoms with Gasteiger partial charge in [-0.3, -0.25) is 9.59 Å². The average Bonchev–Trinajstić information content (AvgIpc) is 2.55. The second-order valence-corrected chi connectivity index (χ2v) is 5.03. The first-order valence-electron chi connectivity index (χ1n) is 7.30. The third-order valence-electron chi connectivity index (χ3n) is 3.14.